The minimum absolute atomic E-state index is 0. The van der Waals surface area contributed by atoms with E-state index >= 15 is 0 Å². The van der Waals surface area contributed by atoms with Gasteiger partial charge in [0.1, 0.15) is 0 Å². The van der Waals surface area contributed by atoms with Crippen LogP contribution in [0.1, 0.15) is 0 Å². The maximum atomic E-state index is 7.94. The second-order valence-electron chi connectivity index (χ2n) is 0. The van der Waals surface area contributed by atoms with Gasteiger partial charge in [0, 0.05) is 0 Å². The second-order valence-corrected chi connectivity index (χ2v) is 0. The van der Waals surface area contributed by atoms with Gasteiger partial charge in [-0.05, 0) is 0 Å². The van der Waals surface area contributed by atoms with Gasteiger partial charge in [-0.1, -0.05) is 0 Å². The molecule has 0 aromatic rings. The van der Waals surface area contributed by atoms with Crippen LogP contribution in [0.15, 0.2) is 0 Å². The van der Waals surface area contributed by atoms with Gasteiger partial charge in [-0.2, -0.15) is 0 Å². The molecule has 0 aromatic carbocycles. The molecule has 0 rings (SSSR count). The molecule has 0 aliphatic heterocycles. The van der Waals surface area contributed by atoms with Crippen molar-refractivity contribution in [3.05, 3.63) is 0 Å². The Bertz CT molecular complexity index is 7.61. The molecule has 0 aromatic heterocycles. The maximum absolute atomic E-state index is 7.94. The molecular weight excluding hydrogens is 137 g/mol. The molecule has 0 N–H and O–H groups in total. The Morgan fingerprint density at radius 1 is 1.00 bits per heavy atom. The summed E-state index contributed by atoms with van der Waals surface area (Å²) in [5.41, 5.74) is 0. The SMILES string of the molecule is [Na+].[Na+].[O-2].[O]=[Co]. The quantitative estimate of drug-likeness (QED) is 0.306. The molecule has 0 saturated heterocycles. The Kier molecular flexibility index (Phi) is 181. The molecule has 0 aliphatic carbocycles. The van der Waals surface area contributed by atoms with Crippen LogP contribution in [0.4, 0.5) is 0 Å². The van der Waals surface area contributed by atoms with Crippen molar-refractivity contribution in [2.24, 2.45) is 0 Å². The molecule has 0 amide bonds. The van der Waals surface area contributed by atoms with Crippen LogP contribution in [-0.2, 0) is 25.0 Å². The fourth-order valence-corrected chi connectivity index (χ4v) is 0. The average molecular weight is 137 g/mol. The summed E-state index contributed by atoms with van der Waals surface area (Å²) in [7, 11) is 0. The van der Waals surface area contributed by atoms with Crippen molar-refractivity contribution in [1.29, 1.82) is 0 Å². The number of hydrogen-bond acceptors (Lipinski definition) is 1. The summed E-state index contributed by atoms with van der Waals surface area (Å²) >= 11 is 2.31. The zero-order chi connectivity index (χ0) is 2.00. The van der Waals surface area contributed by atoms with Crippen LogP contribution in [0.2, 0.25) is 0 Å². The van der Waals surface area contributed by atoms with Crippen molar-refractivity contribution >= 4 is 0 Å². The molecule has 0 spiro atoms. The van der Waals surface area contributed by atoms with Crippen molar-refractivity contribution in [3.63, 3.8) is 0 Å². The number of rotatable bonds is 0. The predicted molar refractivity (Wildman–Crippen MR) is 1.37 cm³/mol. The van der Waals surface area contributed by atoms with Gasteiger partial charge >= 0.3 is 78.6 Å². The average Bonchev–Trinajstić information content (AvgIpc) is 1.00. The molecular formula is CoNa2O2. The van der Waals surface area contributed by atoms with Crippen LogP contribution in [0.3, 0.4) is 0 Å². The fourth-order valence-electron chi connectivity index (χ4n) is 0. The van der Waals surface area contributed by atoms with E-state index in [1.165, 1.54) is 0 Å². The molecule has 0 saturated carbocycles. The Labute approximate surface area is 82.8 Å². The molecule has 2 nitrogen and oxygen atoms in total. The third-order valence-corrected chi connectivity index (χ3v) is 0. The van der Waals surface area contributed by atoms with Gasteiger partial charge in [0.05, 0.1) is 0 Å². The minimum atomic E-state index is 0. The van der Waals surface area contributed by atoms with Crippen LogP contribution >= 0.6 is 0 Å². The van der Waals surface area contributed by atoms with Crippen molar-refractivity contribution in [2.75, 3.05) is 0 Å². The molecule has 0 heterocycles. The van der Waals surface area contributed by atoms with E-state index < -0.39 is 0 Å². The summed E-state index contributed by atoms with van der Waals surface area (Å²) in [5.74, 6) is 0. The van der Waals surface area contributed by atoms with Crippen molar-refractivity contribution in [3.8, 4) is 0 Å². The summed E-state index contributed by atoms with van der Waals surface area (Å²) in [4.78, 5) is 0. The van der Waals surface area contributed by atoms with Crippen LogP contribution in [-0.4, -0.2) is 0 Å². The Morgan fingerprint density at radius 3 is 1.00 bits per heavy atom. The molecule has 0 fully saturated rings. The topological polar surface area (TPSA) is 45.6 Å². The molecule has 5 heavy (non-hydrogen) atoms. The van der Waals surface area contributed by atoms with Gasteiger partial charge in [-0.15, -0.1) is 0 Å². The van der Waals surface area contributed by atoms with E-state index in [2.05, 4.69) is 15.7 Å². The standard InChI is InChI=1S/Co.2Na.2O/q;2*+1;;-2. The molecule has 0 radical (unpaired) electrons. The first-order valence-corrected chi connectivity index (χ1v) is 0.561. The summed E-state index contributed by atoms with van der Waals surface area (Å²) < 4.78 is 7.94. The normalized spacial score (nSPS) is 1.00. The van der Waals surface area contributed by atoms with Gasteiger partial charge in [0.2, 0.25) is 0 Å². The van der Waals surface area contributed by atoms with Crippen LogP contribution < -0.4 is 59.1 Å². The zero-order valence-electron chi connectivity index (χ0n) is 3.15. The van der Waals surface area contributed by atoms with E-state index in [4.69, 9.17) is 3.87 Å². The van der Waals surface area contributed by atoms with Crippen LogP contribution in [0.5, 0.6) is 0 Å². The molecule has 0 bridgehead atoms. The predicted octanol–water partition coefficient (Wildman–Crippen LogP) is -6.23. The Balaban J connectivity index is -0.00000000167. The van der Waals surface area contributed by atoms with Gasteiger partial charge in [-0.3, -0.25) is 0 Å². The van der Waals surface area contributed by atoms with Gasteiger partial charge in [0.15, 0.2) is 0 Å². The zero-order valence-corrected chi connectivity index (χ0v) is 8.19. The Morgan fingerprint density at radius 2 is 1.00 bits per heavy atom. The van der Waals surface area contributed by atoms with E-state index in [1.54, 1.807) is 0 Å². The van der Waals surface area contributed by atoms with Crippen LogP contribution in [0, 0.1) is 0 Å². The van der Waals surface area contributed by atoms with Crippen molar-refractivity contribution < 1.29 is 84.1 Å². The van der Waals surface area contributed by atoms with Crippen LogP contribution in [0.25, 0.3) is 0 Å². The Hall–Kier alpha value is 2.27. The van der Waals surface area contributed by atoms with E-state index in [0.29, 0.717) is 0 Å². The third-order valence-electron chi connectivity index (χ3n) is 0. The monoisotopic (exact) mass is 137 g/mol. The summed E-state index contributed by atoms with van der Waals surface area (Å²) in [6.45, 7) is 0. The number of hydrogen-bond donors (Lipinski definition) is 0. The first-order chi connectivity index (χ1) is 1.00. The molecule has 23 valence electrons. The first kappa shape index (κ1) is 26.7. The summed E-state index contributed by atoms with van der Waals surface area (Å²) in [6, 6.07) is 0. The van der Waals surface area contributed by atoms with E-state index in [0.717, 1.165) is 0 Å². The van der Waals surface area contributed by atoms with Gasteiger partial charge in [-0.25, -0.2) is 0 Å². The molecule has 0 atom stereocenters. The fraction of sp³-hybridized carbons (Fsp3) is 0. The summed E-state index contributed by atoms with van der Waals surface area (Å²) in [5, 5.41) is 0. The second kappa shape index (κ2) is 33.8. The van der Waals surface area contributed by atoms with Gasteiger partial charge < -0.3 is 5.48 Å². The van der Waals surface area contributed by atoms with Gasteiger partial charge in [0.25, 0.3) is 0 Å². The van der Waals surface area contributed by atoms with E-state index in [9.17, 15) is 0 Å². The summed E-state index contributed by atoms with van der Waals surface area (Å²) in [6.07, 6.45) is 0. The van der Waals surface area contributed by atoms with E-state index in [-0.39, 0.29) is 64.6 Å². The van der Waals surface area contributed by atoms with Crippen molar-refractivity contribution in [1.82, 2.24) is 0 Å². The van der Waals surface area contributed by atoms with Crippen molar-refractivity contribution in [2.45, 2.75) is 0 Å². The molecule has 0 unspecified atom stereocenters. The molecule has 0 aliphatic rings. The molecule has 5 heteroatoms. The first-order valence-electron chi connectivity index (χ1n) is 0.136. The third kappa shape index (κ3) is 22.2. The van der Waals surface area contributed by atoms with E-state index in [1.807, 2.05) is 0 Å².